The third-order valence-electron chi connectivity index (χ3n) is 4.90. The second kappa shape index (κ2) is 12.4. The molecule has 25 heavy (non-hydrogen) atoms. The van der Waals surface area contributed by atoms with E-state index in [9.17, 15) is 9.90 Å². The molecule has 1 unspecified atom stereocenters. The average Bonchev–Trinajstić information content (AvgIpc) is 2.52. The zero-order valence-electron chi connectivity index (χ0n) is 17.6. The number of rotatable bonds is 13. The second-order valence-corrected chi connectivity index (χ2v) is 22.1. The number of carbonyl (C=O) groups is 1. The van der Waals surface area contributed by atoms with Crippen LogP contribution in [0.4, 0.5) is 0 Å². The maximum atomic E-state index is 12.2. The molecule has 4 heteroatoms. The first-order valence-electron chi connectivity index (χ1n) is 10.2. The number of carbonyl (C=O) groups excluding carboxylic acids is 1. The predicted octanol–water partition coefficient (Wildman–Crippen LogP) is 6.02. The molecule has 0 aliphatic rings. The molecular formula is C21H42O3Sn. The topological polar surface area (TPSA) is 46.5 Å². The third-order valence-corrected chi connectivity index (χ3v) is 21.0. The zero-order chi connectivity index (χ0) is 19.5. The van der Waals surface area contributed by atoms with E-state index in [0.717, 1.165) is 0 Å². The minimum atomic E-state index is -2.58. The first kappa shape index (κ1) is 25.0. The number of ether oxygens (including phenoxy) is 1. The molecule has 0 aromatic carbocycles. The standard InChI is InChI=1S/C9H15O3.3C4H9.Sn/c1-5-6-7(10)8(11)12-9(2,3)4;3*1-3-4-2;/h7,10H,1,6H2,2-4H3;3*1,3-4H2,2H3;. The van der Waals surface area contributed by atoms with Gasteiger partial charge in [-0.2, -0.15) is 0 Å². The van der Waals surface area contributed by atoms with Gasteiger partial charge in [0.25, 0.3) is 0 Å². The summed E-state index contributed by atoms with van der Waals surface area (Å²) in [7, 11) is 0. The fraction of sp³-hybridized carbons (Fsp3) is 0.857. The molecule has 0 aromatic heterocycles. The Kier molecular flexibility index (Phi) is 12.4. The molecule has 3 nitrogen and oxygen atoms in total. The van der Waals surface area contributed by atoms with E-state index < -0.39 is 36.1 Å². The van der Waals surface area contributed by atoms with Gasteiger partial charge in [-0.3, -0.25) is 0 Å². The van der Waals surface area contributed by atoms with Gasteiger partial charge in [-0.15, -0.1) is 0 Å². The van der Waals surface area contributed by atoms with Gasteiger partial charge in [0.15, 0.2) is 0 Å². The van der Waals surface area contributed by atoms with Crippen LogP contribution in [0, 0.1) is 0 Å². The van der Waals surface area contributed by atoms with Crippen LogP contribution >= 0.6 is 0 Å². The number of aliphatic hydroxyl groups is 1. The number of unbranched alkanes of at least 4 members (excludes halogenated alkanes) is 3. The Balaban J connectivity index is 5.17. The molecule has 0 aliphatic heterocycles. The van der Waals surface area contributed by atoms with Crippen molar-refractivity contribution in [3.63, 3.8) is 0 Å². The number of esters is 1. The van der Waals surface area contributed by atoms with Gasteiger partial charge in [-0.25, -0.2) is 0 Å². The number of hydrogen-bond acceptors (Lipinski definition) is 3. The average molecular weight is 461 g/mol. The molecule has 0 fully saturated rings. The molecule has 1 N–H and O–H groups in total. The molecule has 0 rings (SSSR count). The van der Waals surface area contributed by atoms with Crippen LogP contribution in [-0.4, -0.2) is 41.2 Å². The van der Waals surface area contributed by atoms with Gasteiger partial charge >= 0.3 is 161 Å². The van der Waals surface area contributed by atoms with E-state index in [2.05, 4.69) is 27.4 Å². The van der Waals surface area contributed by atoms with E-state index in [1.165, 1.54) is 55.4 Å². The van der Waals surface area contributed by atoms with Gasteiger partial charge in [-0.05, 0) is 0 Å². The molecule has 1 atom stereocenters. The molecule has 0 heterocycles. The van der Waals surface area contributed by atoms with Crippen molar-refractivity contribution in [3.8, 4) is 0 Å². The molecule has 0 saturated carbocycles. The third kappa shape index (κ3) is 10.0. The van der Waals surface area contributed by atoms with Crippen molar-refractivity contribution in [1.29, 1.82) is 0 Å². The van der Waals surface area contributed by atoms with Crippen molar-refractivity contribution >= 4 is 24.3 Å². The van der Waals surface area contributed by atoms with Gasteiger partial charge < -0.3 is 0 Å². The van der Waals surface area contributed by atoms with Crippen LogP contribution in [0.25, 0.3) is 0 Å². The van der Waals surface area contributed by atoms with Gasteiger partial charge in [0, 0.05) is 0 Å². The van der Waals surface area contributed by atoms with Gasteiger partial charge in [-0.1, -0.05) is 0 Å². The fourth-order valence-electron chi connectivity index (χ4n) is 3.35. The summed E-state index contributed by atoms with van der Waals surface area (Å²) in [6, 6.07) is 0. The van der Waals surface area contributed by atoms with Crippen molar-refractivity contribution in [2.45, 2.75) is 112 Å². The Morgan fingerprint density at radius 1 is 1.00 bits per heavy atom. The van der Waals surface area contributed by atoms with Gasteiger partial charge in [0.05, 0.1) is 0 Å². The van der Waals surface area contributed by atoms with Crippen molar-refractivity contribution in [3.05, 3.63) is 10.2 Å². The van der Waals surface area contributed by atoms with Crippen LogP contribution in [0.1, 0.15) is 86.5 Å². The molecule has 0 bridgehead atoms. The van der Waals surface area contributed by atoms with Gasteiger partial charge in [0.2, 0.25) is 0 Å². The Labute approximate surface area is 160 Å². The Morgan fingerprint density at radius 2 is 1.40 bits per heavy atom. The first-order chi connectivity index (χ1) is 11.6. The molecular weight excluding hydrogens is 419 g/mol. The first-order valence-corrected chi connectivity index (χ1v) is 17.7. The van der Waals surface area contributed by atoms with Crippen molar-refractivity contribution in [1.82, 2.24) is 0 Å². The minimum absolute atomic E-state index is 0.405. The van der Waals surface area contributed by atoms with E-state index >= 15 is 0 Å². The molecule has 0 aliphatic carbocycles. The van der Waals surface area contributed by atoms with Crippen molar-refractivity contribution < 1.29 is 14.6 Å². The fourth-order valence-corrected chi connectivity index (χ4v) is 19.1. The SMILES string of the molecule is C=[C](CC(O)C(=O)OC(C)(C)C)[Sn]([CH2]CCC)([CH2]CCC)[CH2]CCC. The van der Waals surface area contributed by atoms with Crippen LogP contribution in [-0.2, 0) is 9.53 Å². The Hall–Kier alpha value is -0.0313. The maximum absolute atomic E-state index is 12.2. The van der Waals surface area contributed by atoms with Gasteiger partial charge in [0.1, 0.15) is 0 Å². The predicted molar refractivity (Wildman–Crippen MR) is 111 cm³/mol. The molecule has 148 valence electrons. The molecule has 0 spiro atoms. The van der Waals surface area contributed by atoms with E-state index in [1.54, 1.807) is 0 Å². The summed E-state index contributed by atoms with van der Waals surface area (Å²) in [4.78, 5) is 12.2. The van der Waals surface area contributed by atoms with E-state index in [-0.39, 0.29) is 0 Å². The normalized spacial score (nSPS) is 13.6. The molecule has 0 radical (unpaired) electrons. The summed E-state index contributed by atoms with van der Waals surface area (Å²) in [6.45, 7) is 16.7. The quantitative estimate of drug-likeness (QED) is 0.270. The van der Waals surface area contributed by atoms with Crippen LogP contribution in [0.5, 0.6) is 0 Å². The van der Waals surface area contributed by atoms with Crippen LogP contribution < -0.4 is 0 Å². The number of hydrogen-bond donors (Lipinski definition) is 1. The van der Waals surface area contributed by atoms with E-state index in [0.29, 0.717) is 6.42 Å². The summed E-state index contributed by atoms with van der Waals surface area (Å²) < 4.78 is 10.5. The van der Waals surface area contributed by atoms with E-state index in [1.807, 2.05) is 20.8 Å². The Morgan fingerprint density at radius 3 is 1.72 bits per heavy atom. The molecule has 0 saturated heterocycles. The molecule has 0 aromatic rings. The van der Waals surface area contributed by atoms with Crippen LogP contribution in [0.2, 0.25) is 13.3 Å². The van der Waals surface area contributed by atoms with Crippen LogP contribution in [0.3, 0.4) is 0 Å². The second-order valence-electron chi connectivity index (χ2n) is 8.45. The summed E-state index contributed by atoms with van der Waals surface area (Å²) in [5.74, 6) is -0.504. The van der Waals surface area contributed by atoms with Crippen LogP contribution in [0.15, 0.2) is 10.2 Å². The monoisotopic (exact) mass is 462 g/mol. The van der Waals surface area contributed by atoms with Crippen molar-refractivity contribution in [2.75, 3.05) is 0 Å². The van der Waals surface area contributed by atoms with E-state index in [4.69, 9.17) is 4.74 Å². The van der Waals surface area contributed by atoms with Crippen molar-refractivity contribution in [2.24, 2.45) is 0 Å². The number of aliphatic hydroxyl groups excluding tert-OH is 1. The summed E-state index contributed by atoms with van der Waals surface area (Å²) in [6.07, 6.45) is 6.73. The summed E-state index contributed by atoms with van der Waals surface area (Å²) in [5, 5.41) is 10.4. The Bertz CT molecular complexity index is 377. The zero-order valence-corrected chi connectivity index (χ0v) is 20.5. The molecule has 0 amide bonds. The summed E-state index contributed by atoms with van der Waals surface area (Å²) in [5.41, 5.74) is -0.563. The summed E-state index contributed by atoms with van der Waals surface area (Å²) >= 11 is -2.58.